The van der Waals surface area contributed by atoms with Gasteiger partial charge in [-0.25, -0.2) is 0 Å². The third kappa shape index (κ3) is 1.50. The molecule has 0 fully saturated rings. The van der Waals surface area contributed by atoms with Gasteiger partial charge in [-0.05, 0) is 25.7 Å². The maximum Gasteiger partial charge on any atom is -0.0194 e. The molecule has 0 spiro atoms. The van der Waals surface area contributed by atoms with E-state index in [2.05, 4.69) is 32.9 Å². The van der Waals surface area contributed by atoms with Crippen molar-refractivity contribution in [2.45, 2.75) is 33.6 Å². The van der Waals surface area contributed by atoms with Crippen LogP contribution >= 0.6 is 0 Å². The summed E-state index contributed by atoms with van der Waals surface area (Å²) in [6.07, 6.45) is 7.02. The number of hydrogen-bond acceptors (Lipinski definition) is 0. The fourth-order valence-corrected chi connectivity index (χ4v) is 1.30. The van der Waals surface area contributed by atoms with Crippen molar-refractivity contribution in [1.29, 1.82) is 0 Å². The summed E-state index contributed by atoms with van der Waals surface area (Å²) in [4.78, 5) is 0. The summed E-state index contributed by atoms with van der Waals surface area (Å²) in [6, 6.07) is 0. The Kier molecular flexibility index (Phi) is 2.31. The molecule has 0 N–H and O–H groups in total. The third-order valence-corrected chi connectivity index (χ3v) is 2.38. The summed E-state index contributed by atoms with van der Waals surface area (Å²) in [7, 11) is 0. The van der Waals surface area contributed by atoms with Crippen molar-refractivity contribution < 1.29 is 0 Å². The first-order valence-corrected chi connectivity index (χ1v) is 4.10. The maximum atomic E-state index is 2.30. The molecule has 0 heteroatoms. The van der Waals surface area contributed by atoms with Gasteiger partial charge in [0.05, 0.1) is 0 Å². The monoisotopic (exact) mass is 136 g/mol. The van der Waals surface area contributed by atoms with E-state index in [1.54, 1.807) is 5.57 Å². The zero-order valence-electron chi connectivity index (χ0n) is 7.15. The minimum atomic E-state index is 0.778. The molecule has 1 aliphatic carbocycles. The zero-order valence-corrected chi connectivity index (χ0v) is 7.15. The average Bonchev–Trinajstić information content (AvgIpc) is 1.95. The Morgan fingerprint density at radius 1 is 1.50 bits per heavy atom. The van der Waals surface area contributed by atoms with Gasteiger partial charge in [0.25, 0.3) is 0 Å². The standard InChI is InChI=1S/C10H16/c1-4-10-6-5-8(2)9(3)7-10/h5-6,9H,4,7H2,1-3H3. The van der Waals surface area contributed by atoms with Gasteiger partial charge in [-0.2, -0.15) is 0 Å². The van der Waals surface area contributed by atoms with Gasteiger partial charge in [-0.15, -0.1) is 0 Å². The molecule has 0 heterocycles. The molecule has 10 heavy (non-hydrogen) atoms. The van der Waals surface area contributed by atoms with Gasteiger partial charge in [0.1, 0.15) is 0 Å². The molecule has 1 aliphatic rings. The van der Waals surface area contributed by atoms with E-state index in [1.165, 1.54) is 18.4 Å². The third-order valence-electron chi connectivity index (χ3n) is 2.38. The Labute approximate surface area is 63.6 Å². The highest BCUT2D eigenvalue weighted by Gasteiger charge is 2.09. The first kappa shape index (κ1) is 7.59. The fourth-order valence-electron chi connectivity index (χ4n) is 1.30. The van der Waals surface area contributed by atoms with Crippen LogP contribution < -0.4 is 0 Å². The molecule has 1 unspecified atom stereocenters. The van der Waals surface area contributed by atoms with Crippen molar-refractivity contribution in [3.8, 4) is 0 Å². The molecule has 56 valence electrons. The van der Waals surface area contributed by atoms with E-state index in [0.29, 0.717) is 0 Å². The van der Waals surface area contributed by atoms with Crippen LogP contribution in [-0.4, -0.2) is 0 Å². The van der Waals surface area contributed by atoms with E-state index in [4.69, 9.17) is 0 Å². The van der Waals surface area contributed by atoms with Crippen LogP contribution in [0.5, 0.6) is 0 Å². The van der Waals surface area contributed by atoms with Crippen molar-refractivity contribution in [2.75, 3.05) is 0 Å². The number of hydrogen-bond donors (Lipinski definition) is 0. The summed E-state index contributed by atoms with van der Waals surface area (Å²) in [6.45, 7) is 6.75. The van der Waals surface area contributed by atoms with Gasteiger partial charge in [-0.1, -0.05) is 37.1 Å². The molecule has 1 atom stereocenters. The average molecular weight is 136 g/mol. The van der Waals surface area contributed by atoms with Crippen LogP contribution in [-0.2, 0) is 0 Å². The number of allylic oxidation sites excluding steroid dienone is 4. The van der Waals surface area contributed by atoms with Gasteiger partial charge >= 0.3 is 0 Å². The fraction of sp³-hybridized carbons (Fsp3) is 0.600. The molecule has 0 aromatic carbocycles. The van der Waals surface area contributed by atoms with Gasteiger partial charge < -0.3 is 0 Å². The van der Waals surface area contributed by atoms with Crippen LogP contribution in [0.2, 0.25) is 0 Å². The highest BCUT2D eigenvalue weighted by atomic mass is 14.1. The van der Waals surface area contributed by atoms with Crippen LogP contribution in [0.3, 0.4) is 0 Å². The van der Waals surface area contributed by atoms with E-state index in [0.717, 1.165) is 5.92 Å². The van der Waals surface area contributed by atoms with Crippen molar-refractivity contribution in [3.63, 3.8) is 0 Å². The van der Waals surface area contributed by atoms with Crippen LogP contribution in [0.4, 0.5) is 0 Å². The lowest BCUT2D eigenvalue weighted by molar-refractivity contribution is 0.648. The predicted octanol–water partition coefficient (Wildman–Crippen LogP) is 3.31. The molecule has 0 radical (unpaired) electrons. The molecular formula is C10H16. The zero-order chi connectivity index (χ0) is 7.56. The van der Waals surface area contributed by atoms with Crippen LogP contribution in [0.25, 0.3) is 0 Å². The molecule has 0 amide bonds. The van der Waals surface area contributed by atoms with Gasteiger partial charge in [0.2, 0.25) is 0 Å². The Balaban J connectivity index is 2.68. The summed E-state index contributed by atoms with van der Waals surface area (Å²) in [5, 5.41) is 0. The molecule has 0 saturated carbocycles. The SMILES string of the molecule is CCC1=CC=C(C)C(C)C1. The summed E-state index contributed by atoms with van der Waals surface area (Å²) in [5.74, 6) is 0.778. The Hall–Kier alpha value is -0.520. The summed E-state index contributed by atoms with van der Waals surface area (Å²) < 4.78 is 0. The lowest BCUT2D eigenvalue weighted by Crippen LogP contribution is -2.01. The molecule has 0 aromatic heterocycles. The minimum Gasteiger partial charge on any atom is -0.0702 e. The Morgan fingerprint density at radius 3 is 2.70 bits per heavy atom. The molecular weight excluding hydrogens is 120 g/mol. The Bertz CT molecular complexity index is 172. The summed E-state index contributed by atoms with van der Waals surface area (Å²) >= 11 is 0. The van der Waals surface area contributed by atoms with E-state index in [-0.39, 0.29) is 0 Å². The second-order valence-corrected chi connectivity index (χ2v) is 3.19. The maximum absolute atomic E-state index is 2.30. The van der Waals surface area contributed by atoms with Gasteiger partial charge in [0, 0.05) is 0 Å². The van der Waals surface area contributed by atoms with Crippen LogP contribution in [0.1, 0.15) is 33.6 Å². The normalized spacial score (nSPS) is 25.7. The second-order valence-electron chi connectivity index (χ2n) is 3.19. The molecule has 0 bridgehead atoms. The molecule has 0 saturated heterocycles. The lowest BCUT2D eigenvalue weighted by atomic mass is 9.89. The van der Waals surface area contributed by atoms with Gasteiger partial charge in [0.15, 0.2) is 0 Å². The summed E-state index contributed by atoms with van der Waals surface area (Å²) in [5.41, 5.74) is 3.12. The van der Waals surface area contributed by atoms with E-state index >= 15 is 0 Å². The van der Waals surface area contributed by atoms with E-state index < -0.39 is 0 Å². The second kappa shape index (κ2) is 3.05. The number of rotatable bonds is 1. The van der Waals surface area contributed by atoms with Crippen LogP contribution in [0.15, 0.2) is 23.3 Å². The van der Waals surface area contributed by atoms with Crippen molar-refractivity contribution in [3.05, 3.63) is 23.3 Å². The van der Waals surface area contributed by atoms with Gasteiger partial charge in [-0.3, -0.25) is 0 Å². The predicted molar refractivity (Wildman–Crippen MR) is 45.9 cm³/mol. The first-order chi connectivity index (χ1) is 4.74. The quantitative estimate of drug-likeness (QED) is 0.518. The lowest BCUT2D eigenvalue weighted by Gasteiger charge is -2.17. The smallest absolute Gasteiger partial charge is 0.0194 e. The largest absolute Gasteiger partial charge is 0.0702 e. The van der Waals surface area contributed by atoms with Crippen LogP contribution in [0, 0.1) is 5.92 Å². The van der Waals surface area contributed by atoms with E-state index in [1.807, 2.05) is 0 Å². The minimum absolute atomic E-state index is 0.778. The van der Waals surface area contributed by atoms with Crippen molar-refractivity contribution in [1.82, 2.24) is 0 Å². The highest BCUT2D eigenvalue weighted by molar-refractivity contribution is 5.24. The Morgan fingerprint density at radius 2 is 2.20 bits per heavy atom. The van der Waals surface area contributed by atoms with Crippen molar-refractivity contribution in [2.24, 2.45) is 5.92 Å². The molecule has 0 aromatic rings. The molecule has 0 nitrogen and oxygen atoms in total. The topological polar surface area (TPSA) is 0 Å². The van der Waals surface area contributed by atoms with Crippen molar-refractivity contribution >= 4 is 0 Å². The first-order valence-electron chi connectivity index (χ1n) is 4.10. The molecule has 0 aliphatic heterocycles. The van der Waals surface area contributed by atoms with E-state index in [9.17, 15) is 0 Å². The highest BCUT2D eigenvalue weighted by Crippen LogP contribution is 2.25. The molecule has 1 rings (SSSR count).